The standard InChI is InChI=1S/C30H35N7O2S/c1-4-30(2,3)20-8-9-22-18(13-20)12-19-15-24(40-29(19)37-22)27(38)36-23(16-31)17-6-5-7-21(14-17)35-28(39)25-26(32)34-11-10-33-25/h5-7,10-12,14-15,20,23H,4,8-9,13,16,31H2,1-3H3,(H2,32,34)(H,35,39)(H,36,38)/t20?,23-/m1/s1. The Balaban J connectivity index is 1.31. The summed E-state index contributed by atoms with van der Waals surface area (Å²) in [6.45, 7) is 7.16. The van der Waals surface area contributed by atoms with Crippen LogP contribution in [0.2, 0.25) is 0 Å². The fourth-order valence-electron chi connectivity index (χ4n) is 5.25. The van der Waals surface area contributed by atoms with E-state index in [1.165, 1.54) is 29.3 Å². The number of hydrogen-bond donors (Lipinski definition) is 4. The van der Waals surface area contributed by atoms with Crippen molar-refractivity contribution in [2.24, 2.45) is 17.1 Å². The average Bonchev–Trinajstić information content (AvgIpc) is 3.37. The van der Waals surface area contributed by atoms with Crippen molar-refractivity contribution < 1.29 is 9.59 Å². The highest BCUT2D eigenvalue weighted by Gasteiger charge is 2.32. The molecule has 1 aromatic carbocycles. The van der Waals surface area contributed by atoms with Crippen molar-refractivity contribution in [2.75, 3.05) is 17.6 Å². The topological polar surface area (TPSA) is 149 Å². The molecule has 40 heavy (non-hydrogen) atoms. The zero-order valence-corrected chi connectivity index (χ0v) is 23.8. The number of anilines is 2. The molecule has 0 saturated carbocycles. The molecule has 10 heteroatoms. The number of thiophene rings is 1. The van der Waals surface area contributed by atoms with E-state index in [1.54, 1.807) is 18.2 Å². The largest absolute Gasteiger partial charge is 0.382 e. The van der Waals surface area contributed by atoms with Gasteiger partial charge in [-0.15, -0.1) is 11.3 Å². The number of aromatic nitrogens is 3. The van der Waals surface area contributed by atoms with Crippen LogP contribution in [0.4, 0.5) is 11.5 Å². The quantitative estimate of drug-likeness (QED) is 0.241. The number of pyridine rings is 1. The van der Waals surface area contributed by atoms with Gasteiger partial charge in [-0.1, -0.05) is 39.3 Å². The van der Waals surface area contributed by atoms with Crippen LogP contribution in [-0.4, -0.2) is 33.3 Å². The Bertz CT molecular complexity index is 1560. The third-order valence-electron chi connectivity index (χ3n) is 8.14. The number of nitrogen functional groups attached to an aromatic ring is 1. The van der Waals surface area contributed by atoms with Gasteiger partial charge in [0.1, 0.15) is 4.83 Å². The molecule has 2 atom stereocenters. The summed E-state index contributed by atoms with van der Waals surface area (Å²) in [5, 5.41) is 6.83. The third kappa shape index (κ3) is 5.68. The van der Waals surface area contributed by atoms with Crippen molar-refractivity contribution in [2.45, 2.75) is 52.5 Å². The highest BCUT2D eigenvalue weighted by Crippen LogP contribution is 2.40. The van der Waals surface area contributed by atoms with Gasteiger partial charge < -0.3 is 22.1 Å². The van der Waals surface area contributed by atoms with Gasteiger partial charge in [0, 0.05) is 35.7 Å². The molecule has 0 fully saturated rings. The zero-order chi connectivity index (χ0) is 28.4. The molecule has 6 N–H and O–H groups in total. The molecule has 0 aliphatic heterocycles. The Hall–Kier alpha value is -3.89. The normalized spacial score (nSPS) is 15.8. The Kier molecular flexibility index (Phi) is 7.82. The van der Waals surface area contributed by atoms with Gasteiger partial charge in [-0.05, 0) is 66.0 Å². The first-order valence-corrected chi connectivity index (χ1v) is 14.4. The van der Waals surface area contributed by atoms with E-state index in [2.05, 4.69) is 47.4 Å². The van der Waals surface area contributed by atoms with E-state index in [9.17, 15) is 9.59 Å². The van der Waals surface area contributed by atoms with Crippen molar-refractivity contribution in [3.05, 3.63) is 76.2 Å². The van der Waals surface area contributed by atoms with Gasteiger partial charge in [-0.2, -0.15) is 0 Å². The number of amides is 2. The number of hydrogen-bond acceptors (Lipinski definition) is 8. The van der Waals surface area contributed by atoms with Gasteiger partial charge in [-0.3, -0.25) is 9.59 Å². The van der Waals surface area contributed by atoms with Crippen LogP contribution in [0.5, 0.6) is 0 Å². The number of nitrogens with two attached hydrogens (primary N) is 2. The van der Waals surface area contributed by atoms with Crippen molar-refractivity contribution >= 4 is 44.9 Å². The van der Waals surface area contributed by atoms with Crippen molar-refractivity contribution in [3.8, 4) is 0 Å². The molecule has 3 aromatic heterocycles. The van der Waals surface area contributed by atoms with Crippen LogP contribution in [0, 0.1) is 11.3 Å². The van der Waals surface area contributed by atoms with Crippen LogP contribution in [-0.2, 0) is 12.8 Å². The molecule has 1 aliphatic rings. The van der Waals surface area contributed by atoms with E-state index < -0.39 is 11.9 Å². The zero-order valence-electron chi connectivity index (χ0n) is 23.0. The molecule has 9 nitrogen and oxygen atoms in total. The lowest BCUT2D eigenvalue weighted by Gasteiger charge is -2.36. The Morgan fingerprint density at radius 3 is 2.70 bits per heavy atom. The lowest BCUT2D eigenvalue weighted by Crippen LogP contribution is -2.33. The fourth-order valence-corrected chi connectivity index (χ4v) is 6.18. The smallest absolute Gasteiger partial charge is 0.278 e. The van der Waals surface area contributed by atoms with Gasteiger partial charge in [0.05, 0.1) is 10.9 Å². The minimum atomic E-state index is -0.471. The predicted octanol–water partition coefficient (Wildman–Crippen LogP) is 4.89. The van der Waals surface area contributed by atoms with Gasteiger partial charge in [0.15, 0.2) is 11.5 Å². The van der Waals surface area contributed by atoms with Crippen LogP contribution in [0.15, 0.2) is 48.8 Å². The van der Waals surface area contributed by atoms with Gasteiger partial charge in [-0.25, -0.2) is 15.0 Å². The lowest BCUT2D eigenvalue weighted by atomic mass is 9.69. The maximum absolute atomic E-state index is 13.3. The number of rotatable bonds is 8. The Labute approximate surface area is 237 Å². The molecular formula is C30H35N7O2S. The minimum Gasteiger partial charge on any atom is -0.382 e. The van der Waals surface area contributed by atoms with Gasteiger partial charge in [0.25, 0.3) is 11.8 Å². The summed E-state index contributed by atoms with van der Waals surface area (Å²) in [6, 6.07) is 10.9. The first-order valence-electron chi connectivity index (χ1n) is 13.6. The van der Waals surface area contributed by atoms with Gasteiger partial charge in [0.2, 0.25) is 0 Å². The summed E-state index contributed by atoms with van der Waals surface area (Å²) >= 11 is 1.40. The number of carbonyl (C=O) groups excluding carboxylic acids is 2. The number of carbonyl (C=O) groups is 2. The van der Waals surface area contributed by atoms with E-state index in [1.807, 2.05) is 12.1 Å². The van der Waals surface area contributed by atoms with E-state index in [0.29, 0.717) is 21.9 Å². The molecule has 0 radical (unpaired) electrons. The monoisotopic (exact) mass is 557 g/mol. The maximum Gasteiger partial charge on any atom is 0.278 e. The number of aryl methyl sites for hydroxylation is 1. The van der Waals surface area contributed by atoms with E-state index >= 15 is 0 Å². The number of nitrogens with zero attached hydrogens (tertiary/aromatic N) is 3. The van der Waals surface area contributed by atoms with E-state index in [0.717, 1.165) is 47.2 Å². The summed E-state index contributed by atoms with van der Waals surface area (Å²) in [5.41, 5.74) is 15.9. The summed E-state index contributed by atoms with van der Waals surface area (Å²) in [5.74, 6) is 0.00496. The average molecular weight is 558 g/mol. The molecule has 208 valence electrons. The highest BCUT2D eigenvalue weighted by atomic mass is 32.1. The molecule has 1 aliphatic carbocycles. The molecule has 0 bridgehead atoms. The van der Waals surface area contributed by atoms with Crippen LogP contribution < -0.4 is 22.1 Å². The van der Waals surface area contributed by atoms with Crippen molar-refractivity contribution in [3.63, 3.8) is 0 Å². The first kappa shape index (κ1) is 27.7. The van der Waals surface area contributed by atoms with E-state index in [4.69, 9.17) is 16.5 Å². The fraction of sp³-hybridized carbons (Fsp3) is 0.367. The predicted molar refractivity (Wildman–Crippen MR) is 159 cm³/mol. The lowest BCUT2D eigenvalue weighted by molar-refractivity contribution is 0.0941. The summed E-state index contributed by atoms with van der Waals surface area (Å²) in [6.07, 6.45) is 7.14. The molecule has 4 aromatic rings. The highest BCUT2D eigenvalue weighted by molar-refractivity contribution is 7.20. The molecule has 0 saturated heterocycles. The summed E-state index contributed by atoms with van der Waals surface area (Å²) in [7, 11) is 0. The Morgan fingerprint density at radius 2 is 1.95 bits per heavy atom. The van der Waals surface area contributed by atoms with Crippen LogP contribution in [0.1, 0.15) is 76.6 Å². The number of nitrogens with one attached hydrogen (secondary N) is 2. The molecule has 3 heterocycles. The van der Waals surface area contributed by atoms with Crippen molar-refractivity contribution in [1.29, 1.82) is 0 Å². The molecular weight excluding hydrogens is 522 g/mol. The molecule has 2 amide bonds. The third-order valence-corrected chi connectivity index (χ3v) is 9.19. The molecule has 0 spiro atoms. The van der Waals surface area contributed by atoms with Crippen LogP contribution >= 0.6 is 11.3 Å². The molecule has 5 rings (SSSR count). The minimum absolute atomic E-state index is 0.0428. The SMILES string of the molecule is CCC(C)(C)C1CCc2nc3sc(C(=O)N[C@H](CN)c4cccc(NC(=O)c5nccnc5N)c4)cc3cc2C1. The number of benzene rings is 1. The molecule has 1 unspecified atom stereocenters. The number of fused-ring (bicyclic) bond motifs is 2. The first-order chi connectivity index (χ1) is 19.2. The van der Waals surface area contributed by atoms with Crippen LogP contribution in [0.3, 0.4) is 0 Å². The maximum atomic E-state index is 13.3. The second-order valence-electron chi connectivity index (χ2n) is 11.0. The van der Waals surface area contributed by atoms with Gasteiger partial charge >= 0.3 is 0 Å². The second kappa shape index (κ2) is 11.3. The van der Waals surface area contributed by atoms with Crippen LogP contribution in [0.25, 0.3) is 10.2 Å². The van der Waals surface area contributed by atoms with E-state index in [-0.39, 0.29) is 24.0 Å². The summed E-state index contributed by atoms with van der Waals surface area (Å²) in [4.78, 5) is 40.2. The van der Waals surface area contributed by atoms with Crippen molar-refractivity contribution in [1.82, 2.24) is 20.3 Å². The Morgan fingerprint density at radius 1 is 1.15 bits per heavy atom. The second-order valence-corrected chi connectivity index (χ2v) is 12.0. The summed E-state index contributed by atoms with van der Waals surface area (Å²) < 4.78 is 0.